The van der Waals surface area contributed by atoms with Gasteiger partial charge in [0, 0.05) is 24.3 Å². The van der Waals surface area contributed by atoms with E-state index < -0.39 is 0 Å². The monoisotopic (exact) mass is 277 g/mol. The van der Waals surface area contributed by atoms with E-state index in [9.17, 15) is 4.79 Å². The highest BCUT2D eigenvalue weighted by Gasteiger charge is 2.10. The summed E-state index contributed by atoms with van der Waals surface area (Å²) in [6, 6.07) is 3.45. The largest absolute Gasteiger partial charge is 0.496 e. The maximum atomic E-state index is 11.5. The summed E-state index contributed by atoms with van der Waals surface area (Å²) in [4.78, 5) is 11.5. The Morgan fingerprint density at radius 1 is 1.15 bits per heavy atom. The second-order valence-corrected chi connectivity index (χ2v) is 3.82. The molecular formula is C15H19NO4. The molecule has 0 saturated carbocycles. The minimum absolute atomic E-state index is 0.207. The van der Waals surface area contributed by atoms with Crippen molar-refractivity contribution in [2.24, 2.45) is 0 Å². The first kappa shape index (κ1) is 15.6. The third kappa shape index (κ3) is 4.05. The Morgan fingerprint density at radius 2 is 1.75 bits per heavy atom. The number of nitrogens with one attached hydrogen (secondary N) is 1. The van der Waals surface area contributed by atoms with Gasteiger partial charge >= 0.3 is 0 Å². The molecule has 0 aromatic heterocycles. The molecule has 0 unspecified atom stereocenters. The van der Waals surface area contributed by atoms with E-state index in [1.54, 1.807) is 45.6 Å². The Labute approximate surface area is 118 Å². The summed E-state index contributed by atoms with van der Waals surface area (Å²) >= 11 is 0. The highest BCUT2D eigenvalue weighted by molar-refractivity contribution is 5.92. The second kappa shape index (κ2) is 7.89. The van der Waals surface area contributed by atoms with Crippen LogP contribution in [0.4, 0.5) is 0 Å². The van der Waals surface area contributed by atoms with Gasteiger partial charge in [0.2, 0.25) is 5.91 Å². The molecule has 0 bridgehead atoms. The van der Waals surface area contributed by atoms with Crippen LogP contribution in [0.3, 0.4) is 0 Å². The van der Waals surface area contributed by atoms with E-state index in [0.717, 1.165) is 5.56 Å². The van der Waals surface area contributed by atoms with Crippen molar-refractivity contribution in [1.29, 1.82) is 0 Å². The minimum Gasteiger partial charge on any atom is -0.496 e. The number of ether oxygens (including phenoxy) is 3. The van der Waals surface area contributed by atoms with Gasteiger partial charge in [0.05, 0.1) is 21.3 Å². The molecule has 1 rings (SSSR count). The average molecular weight is 277 g/mol. The molecule has 0 aliphatic carbocycles. The zero-order valence-corrected chi connectivity index (χ0v) is 11.9. The fourth-order valence-electron chi connectivity index (χ4n) is 1.58. The number of hydrogen-bond acceptors (Lipinski definition) is 4. The Hall–Kier alpha value is -2.43. The highest BCUT2D eigenvalue weighted by atomic mass is 16.5. The maximum absolute atomic E-state index is 11.5. The van der Waals surface area contributed by atoms with Gasteiger partial charge in [-0.05, 0) is 12.1 Å². The maximum Gasteiger partial charge on any atom is 0.244 e. The molecule has 0 saturated heterocycles. The van der Waals surface area contributed by atoms with Gasteiger partial charge in [0.25, 0.3) is 0 Å². The van der Waals surface area contributed by atoms with Crippen molar-refractivity contribution in [2.45, 2.75) is 0 Å². The van der Waals surface area contributed by atoms with Crippen molar-refractivity contribution in [3.8, 4) is 17.2 Å². The lowest BCUT2D eigenvalue weighted by molar-refractivity contribution is -0.116. The third-order valence-electron chi connectivity index (χ3n) is 2.57. The quantitative estimate of drug-likeness (QED) is 0.612. The van der Waals surface area contributed by atoms with Crippen LogP contribution in [-0.2, 0) is 4.79 Å². The number of amides is 1. The molecule has 5 nitrogen and oxygen atoms in total. The van der Waals surface area contributed by atoms with Gasteiger partial charge in [-0.15, -0.1) is 6.58 Å². The molecule has 1 aromatic carbocycles. The van der Waals surface area contributed by atoms with Gasteiger partial charge < -0.3 is 19.5 Å². The Kier molecular flexibility index (Phi) is 6.16. The smallest absolute Gasteiger partial charge is 0.244 e. The number of rotatable bonds is 7. The molecule has 0 fully saturated rings. The summed E-state index contributed by atoms with van der Waals surface area (Å²) in [7, 11) is 4.65. The standard InChI is InChI=1S/C15H19NO4/c1-5-8-16-15(17)7-6-11-9-13(19-3)14(20-4)10-12(11)18-2/h5-7,9-10H,1,8H2,2-4H3,(H,16,17)/b7-6+. The molecule has 0 heterocycles. The molecule has 1 N–H and O–H groups in total. The molecule has 0 aliphatic heterocycles. The molecule has 0 radical (unpaired) electrons. The van der Waals surface area contributed by atoms with Gasteiger partial charge in [-0.25, -0.2) is 0 Å². The summed E-state index contributed by atoms with van der Waals surface area (Å²) < 4.78 is 15.7. The van der Waals surface area contributed by atoms with Gasteiger partial charge in [0.15, 0.2) is 11.5 Å². The summed E-state index contributed by atoms with van der Waals surface area (Å²) in [6.45, 7) is 3.95. The van der Waals surface area contributed by atoms with E-state index in [4.69, 9.17) is 14.2 Å². The predicted molar refractivity (Wildman–Crippen MR) is 78.3 cm³/mol. The second-order valence-electron chi connectivity index (χ2n) is 3.82. The number of methoxy groups -OCH3 is 3. The molecule has 0 spiro atoms. The molecule has 1 aromatic rings. The summed E-state index contributed by atoms with van der Waals surface area (Å²) in [5.41, 5.74) is 0.721. The highest BCUT2D eigenvalue weighted by Crippen LogP contribution is 2.35. The van der Waals surface area contributed by atoms with Crippen molar-refractivity contribution in [3.05, 3.63) is 36.4 Å². The van der Waals surface area contributed by atoms with E-state index in [1.165, 1.54) is 6.08 Å². The van der Waals surface area contributed by atoms with Gasteiger partial charge in [0.1, 0.15) is 5.75 Å². The first-order valence-electron chi connectivity index (χ1n) is 6.03. The van der Waals surface area contributed by atoms with Crippen LogP contribution in [0.15, 0.2) is 30.9 Å². The van der Waals surface area contributed by atoms with Crippen LogP contribution in [0.1, 0.15) is 5.56 Å². The number of carbonyl (C=O) groups excluding carboxylic acids is 1. The van der Waals surface area contributed by atoms with Gasteiger partial charge in [-0.2, -0.15) is 0 Å². The molecule has 1 amide bonds. The topological polar surface area (TPSA) is 56.8 Å². The Bertz CT molecular complexity index is 509. The summed E-state index contributed by atoms with van der Waals surface area (Å²) in [5, 5.41) is 2.65. The van der Waals surface area contributed by atoms with Crippen molar-refractivity contribution in [1.82, 2.24) is 5.32 Å². The van der Waals surface area contributed by atoms with E-state index in [-0.39, 0.29) is 5.91 Å². The fourth-order valence-corrected chi connectivity index (χ4v) is 1.58. The van der Waals surface area contributed by atoms with E-state index in [2.05, 4.69) is 11.9 Å². The molecular weight excluding hydrogens is 258 g/mol. The number of hydrogen-bond donors (Lipinski definition) is 1. The molecule has 5 heteroatoms. The predicted octanol–water partition coefficient (Wildman–Crippen LogP) is 2.03. The van der Waals surface area contributed by atoms with Crippen LogP contribution >= 0.6 is 0 Å². The SMILES string of the molecule is C=CCNC(=O)/C=C/c1cc(OC)c(OC)cc1OC. The third-order valence-corrected chi connectivity index (χ3v) is 2.57. The van der Waals surface area contributed by atoms with Crippen LogP contribution in [0.25, 0.3) is 6.08 Å². The minimum atomic E-state index is -0.207. The first-order valence-corrected chi connectivity index (χ1v) is 6.03. The summed E-state index contributed by atoms with van der Waals surface area (Å²) in [5.74, 6) is 1.52. The number of carbonyl (C=O) groups is 1. The Balaban J connectivity index is 3.01. The van der Waals surface area contributed by atoms with Gasteiger partial charge in [-0.1, -0.05) is 6.08 Å². The fraction of sp³-hybridized carbons (Fsp3) is 0.267. The lowest BCUT2D eigenvalue weighted by Crippen LogP contribution is -2.20. The molecule has 20 heavy (non-hydrogen) atoms. The molecule has 0 atom stereocenters. The van der Waals surface area contributed by atoms with E-state index in [1.807, 2.05) is 0 Å². The lowest BCUT2D eigenvalue weighted by Gasteiger charge is -2.12. The lowest BCUT2D eigenvalue weighted by atomic mass is 10.1. The normalized spacial score (nSPS) is 10.2. The zero-order valence-electron chi connectivity index (χ0n) is 11.9. The Morgan fingerprint density at radius 3 is 2.30 bits per heavy atom. The summed E-state index contributed by atoms with van der Waals surface area (Å²) in [6.07, 6.45) is 4.69. The zero-order chi connectivity index (χ0) is 15.0. The van der Waals surface area contributed by atoms with Gasteiger partial charge in [-0.3, -0.25) is 4.79 Å². The van der Waals surface area contributed by atoms with Crippen molar-refractivity contribution < 1.29 is 19.0 Å². The molecule has 0 aliphatic rings. The van der Waals surface area contributed by atoms with E-state index >= 15 is 0 Å². The molecule has 108 valence electrons. The van der Waals surface area contributed by atoms with Crippen LogP contribution in [0, 0.1) is 0 Å². The number of benzene rings is 1. The van der Waals surface area contributed by atoms with Crippen molar-refractivity contribution >= 4 is 12.0 Å². The average Bonchev–Trinajstić information content (AvgIpc) is 2.49. The van der Waals surface area contributed by atoms with E-state index in [0.29, 0.717) is 23.8 Å². The van der Waals surface area contributed by atoms with Crippen molar-refractivity contribution in [3.63, 3.8) is 0 Å². The van der Waals surface area contributed by atoms with Crippen LogP contribution in [0.2, 0.25) is 0 Å². The van der Waals surface area contributed by atoms with Crippen LogP contribution < -0.4 is 19.5 Å². The van der Waals surface area contributed by atoms with Crippen LogP contribution in [-0.4, -0.2) is 33.8 Å². The van der Waals surface area contributed by atoms with Crippen molar-refractivity contribution in [2.75, 3.05) is 27.9 Å². The van der Waals surface area contributed by atoms with Crippen LogP contribution in [0.5, 0.6) is 17.2 Å². The first-order chi connectivity index (χ1) is 9.65.